The highest BCUT2D eigenvalue weighted by Crippen LogP contribution is 2.15. The van der Waals surface area contributed by atoms with E-state index in [2.05, 4.69) is 0 Å². The van der Waals surface area contributed by atoms with Crippen molar-refractivity contribution in [3.05, 3.63) is 11.6 Å². The number of carbonyl (C=O) groups excluding carboxylic acids is 2. The summed E-state index contributed by atoms with van der Waals surface area (Å²) in [6.45, 7) is 5.72. The van der Waals surface area contributed by atoms with E-state index in [9.17, 15) is 9.59 Å². The van der Waals surface area contributed by atoms with Gasteiger partial charge >= 0.3 is 0 Å². The molecule has 0 aromatic heterocycles. The lowest BCUT2D eigenvalue weighted by molar-refractivity contribution is -0.116. The summed E-state index contributed by atoms with van der Waals surface area (Å²) in [5.74, 6) is 0.00463. The lowest BCUT2D eigenvalue weighted by Gasteiger charge is -1.84. The predicted octanol–water partition coefficient (Wildman–Crippen LogP) is 1.89. The number of ketones is 2. The molecule has 1 saturated carbocycles. The number of allylic oxidation sites excluding steroid dienone is 2. The zero-order valence-electron chi connectivity index (χ0n) is 7.31. The number of hydrogen-bond acceptors (Lipinski definition) is 2. The first-order chi connectivity index (χ1) is 5.25. The Morgan fingerprint density at radius 3 is 1.64 bits per heavy atom. The minimum atomic E-state index is 0.00231. The maximum absolute atomic E-state index is 10.7. The third kappa shape index (κ3) is 2.30. The van der Waals surface area contributed by atoms with Crippen molar-refractivity contribution in [2.45, 2.75) is 33.6 Å². The second-order valence-corrected chi connectivity index (χ2v) is 2.05. The molecule has 0 bridgehead atoms. The van der Waals surface area contributed by atoms with Crippen molar-refractivity contribution in [1.82, 2.24) is 0 Å². The summed E-state index contributed by atoms with van der Waals surface area (Å²) >= 11 is 0. The van der Waals surface area contributed by atoms with Crippen LogP contribution in [0.25, 0.3) is 0 Å². The van der Waals surface area contributed by atoms with Crippen molar-refractivity contribution < 1.29 is 9.59 Å². The molecule has 1 aliphatic rings. The zero-order chi connectivity index (χ0) is 8.85. The lowest BCUT2D eigenvalue weighted by Crippen LogP contribution is -1.97. The van der Waals surface area contributed by atoms with Crippen LogP contribution in [0.1, 0.15) is 33.6 Å². The molecule has 0 radical (unpaired) electrons. The van der Waals surface area contributed by atoms with Gasteiger partial charge in [0.1, 0.15) is 0 Å². The van der Waals surface area contributed by atoms with Crippen molar-refractivity contribution in [2.75, 3.05) is 0 Å². The Morgan fingerprint density at radius 1 is 1.09 bits per heavy atom. The van der Waals surface area contributed by atoms with E-state index in [0.717, 1.165) is 0 Å². The molecule has 1 aliphatic carbocycles. The second kappa shape index (κ2) is 4.83. The van der Waals surface area contributed by atoms with Crippen molar-refractivity contribution >= 4 is 11.6 Å². The maximum atomic E-state index is 10.7. The molecular formula is C9H14O2. The van der Waals surface area contributed by atoms with Gasteiger partial charge in [-0.15, -0.1) is 0 Å². The summed E-state index contributed by atoms with van der Waals surface area (Å²) in [5, 5.41) is 0. The van der Waals surface area contributed by atoms with Crippen LogP contribution < -0.4 is 0 Å². The minimum absolute atomic E-state index is 0.00231. The quantitative estimate of drug-likeness (QED) is 0.394. The lowest BCUT2D eigenvalue weighted by atomic mass is 10.2. The summed E-state index contributed by atoms with van der Waals surface area (Å²) in [4.78, 5) is 21.5. The van der Waals surface area contributed by atoms with E-state index >= 15 is 0 Å². The summed E-state index contributed by atoms with van der Waals surface area (Å²) in [5.41, 5.74) is 0.398. The maximum Gasteiger partial charge on any atom is 0.166 e. The van der Waals surface area contributed by atoms with Gasteiger partial charge in [0.2, 0.25) is 0 Å². The number of carbonyl (C=O) groups is 2. The third-order valence-corrected chi connectivity index (χ3v) is 1.47. The molecule has 0 atom stereocenters. The summed E-state index contributed by atoms with van der Waals surface area (Å²) in [6, 6.07) is 0. The Balaban J connectivity index is 0.000000461. The molecule has 2 nitrogen and oxygen atoms in total. The highest BCUT2D eigenvalue weighted by atomic mass is 16.2. The van der Waals surface area contributed by atoms with Gasteiger partial charge in [-0.1, -0.05) is 19.9 Å². The van der Waals surface area contributed by atoms with E-state index in [1.807, 2.05) is 13.8 Å². The Labute approximate surface area is 67.3 Å². The molecule has 0 aliphatic heterocycles. The third-order valence-electron chi connectivity index (χ3n) is 1.47. The molecular weight excluding hydrogens is 140 g/mol. The van der Waals surface area contributed by atoms with Crippen LogP contribution in [0.15, 0.2) is 11.6 Å². The van der Waals surface area contributed by atoms with E-state index in [-0.39, 0.29) is 11.6 Å². The average molecular weight is 154 g/mol. The van der Waals surface area contributed by atoms with Crippen LogP contribution in [0.4, 0.5) is 0 Å². The molecule has 0 aromatic rings. The molecule has 0 saturated heterocycles. The van der Waals surface area contributed by atoms with Gasteiger partial charge in [-0.2, -0.15) is 0 Å². The Morgan fingerprint density at radius 2 is 1.45 bits per heavy atom. The van der Waals surface area contributed by atoms with E-state index in [0.29, 0.717) is 18.4 Å². The van der Waals surface area contributed by atoms with Crippen LogP contribution in [0, 0.1) is 0 Å². The SMILES string of the molecule is CC.CC=C1C(=O)CCC1=O. The van der Waals surface area contributed by atoms with Crippen LogP contribution >= 0.6 is 0 Å². The van der Waals surface area contributed by atoms with Crippen LogP contribution in [-0.2, 0) is 9.59 Å². The summed E-state index contributed by atoms with van der Waals surface area (Å²) in [7, 11) is 0. The highest BCUT2D eigenvalue weighted by molar-refractivity contribution is 6.25. The number of Topliss-reactive ketones (excluding diaryl/α,β-unsaturated/α-hetero) is 2. The topological polar surface area (TPSA) is 34.1 Å². The fraction of sp³-hybridized carbons (Fsp3) is 0.556. The first-order valence-electron chi connectivity index (χ1n) is 3.98. The largest absolute Gasteiger partial charge is 0.294 e. The molecule has 11 heavy (non-hydrogen) atoms. The predicted molar refractivity (Wildman–Crippen MR) is 44.4 cm³/mol. The van der Waals surface area contributed by atoms with E-state index in [1.165, 1.54) is 0 Å². The molecule has 62 valence electrons. The van der Waals surface area contributed by atoms with E-state index in [1.54, 1.807) is 13.0 Å². The van der Waals surface area contributed by atoms with Crippen molar-refractivity contribution in [3.8, 4) is 0 Å². The van der Waals surface area contributed by atoms with Crippen LogP contribution in [0.3, 0.4) is 0 Å². The Hall–Kier alpha value is -0.920. The monoisotopic (exact) mass is 154 g/mol. The fourth-order valence-corrected chi connectivity index (χ4v) is 0.974. The molecule has 0 heterocycles. The number of hydrogen-bond donors (Lipinski definition) is 0. The van der Waals surface area contributed by atoms with Crippen molar-refractivity contribution in [1.29, 1.82) is 0 Å². The smallest absolute Gasteiger partial charge is 0.166 e. The average Bonchev–Trinajstić information content (AvgIpc) is 2.35. The zero-order valence-corrected chi connectivity index (χ0v) is 7.31. The molecule has 0 amide bonds. The normalized spacial score (nSPS) is 16.1. The standard InChI is InChI=1S/C7H8O2.C2H6/c1-2-5-6(8)3-4-7(5)9;1-2/h2H,3-4H2,1H3;1-2H3. The Kier molecular flexibility index (Phi) is 4.42. The van der Waals surface area contributed by atoms with E-state index < -0.39 is 0 Å². The fourth-order valence-electron chi connectivity index (χ4n) is 0.974. The van der Waals surface area contributed by atoms with Crippen molar-refractivity contribution in [2.24, 2.45) is 0 Å². The van der Waals surface area contributed by atoms with E-state index in [4.69, 9.17) is 0 Å². The van der Waals surface area contributed by atoms with Crippen LogP contribution in [-0.4, -0.2) is 11.6 Å². The van der Waals surface area contributed by atoms with Gasteiger partial charge in [-0.3, -0.25) is 9.59 Å². The molecule has 1 rings (SSSR count). The molecule has 0 unspecified atom stereocenters. The summed E-state index contributed by atoms with van der Waals surface area (Å²) in [6.07, 6.45) is 2.43. The molecule has 0 N–H and O–H groups in total. The van der Waals surface area contributed by atoms with Gasteiger partial charge in [0, 0.05) is 12.8 Å². The summed E-state index contributed by atoms with van der Waals surface area (Å²) < 4.78 is 0. The molecule has 2 heteroatoms. The van der Waals surface area contributed by atoms with Gasteiger partial charge in [0.25, 0.3) is 0 Å². The molecule has 0 aromatic carbocycles. The highest BCUT2D eigenvalue weighted by Gasteiger charge is 2.24. The minimum Gasteiger partial charge on any atom is -0.294 e. The molecule has 1 fully saturated rings. The first-order valence-corrected chi connectivity index (χ1v) is 3.98. The second-order valence-electron chi connectivity index (χ2n) is 2.05. The molecule has 0 spiro atoms. The van der Waals surface area contributed by atoms with Gasteiger partial charge in [-0.05, 0) is 6.92 Å². The number of rotatable bonds is 0. The van der Waals surface area contributed by atoms with Crippen LogP contribution in [0.5, 0.6) is 0 Å². The van der Waals surface area contributed by atoms with Gasteiger partial charge < -0.3 is 0 Å². The van der Waals surface area contributed by atoms with Gasteiger partial charge in [0.05, 0.1) is 5.57 Å². The first kappa shape index (κ1) is 10.1. The Bertz CT molecular complexity index is 172. The van der Waals surface area contributed by atoms with Crippen molar-refractivity contribution in [3.63, 3.8) is 0 Å². The van der Waals surface area contributed by atoms with Gasteiger partial charge in [-0.25, -0.2) is 0 Å². The van der Waals surface area contributed by atoms with Crippen LogP contribution in [0.2, 0.25) is 0 Å². The van der Waals surface area contributed by atoms with Gasteiger partial charge in [0.15, 0.2) is 11.6 Å².